The van der Waals surface area contributed by atoms with Gasteiger partial charge >= 0.3 is 5.69 Å². The van der Waals surface area contributed by atoms with Gasteiger partial charge in [0.25, 0.3) is 0 Å². The van der Waals surface area contributed by atoms with Gasteiger partial charge in [0.05, 0.1) is 28.8 Å². The highest BCUT2D eigenvalue weighted by Gasteiger charge is 2.33. The molecule has 3 fully saturated rings. The third-order valence-electron chi connectivity index (χ3n) is 12.4. The zero-order valence-corrected chi connectivity index (χ0v) is 33.1. The smallest absolute Gasteiger partial charge is 0.329 e. The van der Waals surface area contributed by atoms with E-state index in [2.05, 4.69) is 63.0 Å². The number of hydrogen-bond acceptors (Lipinski definition) is 10. The molecule has 2 aliphatic heterocycles. The van der Waals surface area contributed by atoms with Crippen LogP contribution in [-0.2, 0) is 16.6 Å². The number of aryl methyl sites for hydroxylation is 1. The van der Waals surface area contributed by atoms with Crippen LogP contribution in [0.4, 0.5) is 5.69 Å². The van der Waals surface area contributed by atoms with Gasteiger partial charge < -0.3 is 10.2 Å². The number of benzene rings is 1. The number of carbonyl (C=O) groups is 2. The summed E-state index contributed by atoms with van der Waals surface area (Å²) in [6, 6.07) is 13.8. The Morgan fingerprint density at radius 2 is 1.79 bits per heavy atom. The minimum atomic E-state index is -0.681. The van der Waals surface area contributed by atoms with Crippen molar-refractivity contribution in [2.75, 3.05) is 25.0 Å². The standard InChI is InChI=1S/C43H48N12O3/c1-26(2)47-34-20-38(53-18-15-30-19-28(21-44)22-46-41(30)53)45-23-33(34)35-25-54(50-49-35)31-9-7-27(8-10-31)24-52-16-13-29(14-17-52)32-5-4-6-36-40(32)51(3)43(58)55(36)37-11-12-39(56)48-42(37)57/h4-6,15,18-20,22-23,25-27,29,31,37H,7-14,16-17,24H2,1-3H3,(H,45,47)(H,48,56,57). The van der Waals surface area contributed by atoms with Crippen molar-refractivity contribution in [2.24, 2.45) is 13.0 Å². The lowest BCUT2D eigenvalue weighted by atomic mass is 9.84. The molecule has 1 aromatic carbocycles. The molecular formula is C43H48N12O3. The summed E-state index contributed by atoms with van der Waals surface area (Å²) in [5.41, 5.74) is 6.45. The number of amides is 2. The molecule has 298 valence electrons. The number of imidazole rings is 1. The number of fused-ring (bicyclic) bond motifs is 2. The molecule has 15 nitrogen and oxygen atoms in total. The van der Waals surface area contributed by atoms with Crippen LogP contribution in [0.25, 0.3) is 39.1 Å². The van der Waals surface area contributed by atoms with Crippen molar-refractivity contribution in [3.63, 3.8) is 0 Å². The molecule has 7 heterocycles. The zero-order chi connectivity index (χ0) is 40.1. The molecule has 1 aliphatic carbocycles. The lowest BCUT2D eigenvalue weighted by Gasteiger charge is -2.37. The van der Waals surface area contributed by atoms with Crippen molar-refractivity contribution in [1.29, 1.82) is 5.26 Å². The maximum atomic E-state index is 13.5. The van der Waals surface area contributed by atoms with Crippen LogP contribution in [0.2, 0.25) is 0 Å². The highest BCUT2D eigenvalue weighted by atomic mass is 16.2. The van der Waals surface area contributed by atoms with Crippen LogP contribution in [0.1, 0.15) is 94.3 Å². The second kappa shape index (κ2) is 15.3. The number of hydrogen-bond donors (Lipinski definition) is 2. The molecule has 0 spiro atoms. The Morgan fingerprint density at radius 3 is 2.55 bits per heavy atom. The number of imide groups is 1. The fourth-order valence-corrected chi connectivity index (χ4v) is 9.47. The number of nitrogens with one attached hydrogen (secondary N) is 2. The van der Waals surface area contributed by atoms with E-state index in [9.17, 15) is 19.6 Å². The van der Waals surface area contributed by atoms with Gasteiger partial charge in [0.15, 0.2) is 0 Å². The monoisotopic (exact) mass is 780 g/mol. The fourth-order valence-electron chi connectivity index (χ4n) is 9.47. The van der Waals surface area contributed by atoms with Crippen molar-refractivity contribution in [3.8, 4) is 23.1 Å². The van der Waals surface area contributed by atoms with Crippen LogP contribution >= 0.6 is 0 Å². The minimum Gasteiger partial charge on any atom is -0.382 e. The minimum absolute atomic E-state index is 0.187. The molecule has 5 aromatic heterocycles. The van der Waals surface area contributed by atoms with Gasteiger partial charge in [-0.2, -0.15) is 5.26 Å². The van der Waals surface area contributed by atoms with E-state index in [0.29, 0.717) is 29.9 Å². The van der Waals surface area contributed by atoms with Crippen molar-refractivity contribution < 1.29 is 9.59 Å². The first-order valence-corrected chi connectivity index (χ1v) is 20.5. The first-order valence-electron chi connectivity index (χ1n) is 20.5. The number of pyridine rings is 2. The lowest BCUT2D eigenvalue weighted by molar-refractivity contribution is -0.135. The third-order valence-corrected chi connectivity index (χ3v) is 12.4. The van der Waals surface area contributed by atoms with Crippen molar-refractivity contribution in [1.82, 2.24) is 48.9 Å². The summed E-state index contributed by atoms with van der Waals surface area (Å²) in [5, 5.41) is 25.4. The van der Waals surface area contributed by atoms with Crippen LogP contribution in [0, 0.1) is 17.2 Å². The summed E-state index contributed by atoms with van der Waals surface area (Å²) in [7, 11) is 1.79. The molecule has 0 bridgehead atoms. The first-order chi connectivity index (χ1) is 28.1. The fraction of sp³-hybridized carbons (Fsp3) is 0.442. The predicted octanol–water partition coefficient (Wildman–Crippen LogP) is 5.61. The largest absolute Gasteiger partial charge is 0.382 e. The number of aromatic nitrogens is 8. The van der Waals surface area contributed by atoms with E-state index in [0.717, 1.165) is 109 Å². The van der Waals surface area contributed by atoms with E-state index >= 15 is 0 Å². The first kappa shape index (κ1) is 37.4. The molecule has 3 aliphatic rings. The molecule has 0 radical (unpaired) electrons. The Labute approximate surface area is 335 Å². The second-order valence-corrected chi connectivity index (χ2v) is 16.5. The molecule has 15 heteroatoms. The Bertz CT molecular complexity index is 2630. The summed E-state index contributed by atoms with van der Waals surface area (Å²) in [4.78, 5) is 50.0. The molecule has 1 atom stereocenters. The predicted molar refractivity (Wildman–Crippen MR) is 219 cm³/mol. The normalized spacial score (nSPS) is 20.8. The highest BCUT2D eigenvalue weighted by Crippen LogP contribution is 2.37. The van der Waals surface area contributed by atoms with E-state index in [4.69, 9.17) is 4.98 Å². The Balaban J connectivity index is 0.825. The number of piperidine rings is 2. The van der Waals surface area contributed by atoms with Crippen LogP contribution < -0.4 is 16.3 Å². The van der Waals surface area contributed by atoms with Gasteiger partial charge in [0.2, 0.25) is 11.8 Å². The number of anilines is 1. The molecule has 2 saturated heterocycles. The summed E-state index contributed by atoms with van der Waals surface area (Å²) >= 11 is 0. The maximum Gasteiger partial charge on any atom is 0.329 e. The van der Waals surface area contributed by atoms with Crippen molar-refractivity contribution >= 4 is 39.6 Å². The molecule has 6 aromatic rings. The van der Waals surface area contributed by atoms with Gasteiger partial charge in [-0.25, -0.2) is 19.4 Å². The van der Waals surface area contributed by atoms with Crippen LogP contribution in [-0.4, -0.2) is 81.1 Å². The Morgan fingerprint density at radius 1 is 0.983 bits per heavy atom. The molecular weight excluding hydrogens is 733 g/mol. The molecule has 9 rings (SSSR count). The van der Waals surface area contributed by atoms with Gasteiger partial charge in [0.1, 0.15) is 29.3 Å². The van der Waals surface area contributed by atoms with Crippen molar-refractivity contribution in [2.45, 2.75) is 89.3 Å². The van der Waals surface area contributed by atoms with Gasteiger partial charge in [-0.15, -0.1) is 5.10 Å². The average molecular weight is 781 g/mol. The number of nitrogens with zero attached hydrogens (tertiary/aromatic N) is 10. The second-order valence-electron chi connectivity index (χ2n) is 16.5. The topological polar surface area (TPSA) is 174 Å². The number of para-hydroxylation sites is 1. The quantitative estimate of drug-likeness (QED) is 0.176. The van der Waals surface area contributed by atoms with Crippen molar-refractivity contribution in [3.05, 3.63) is 82.8 Å². The molecule has 2 amide bonds. The third kappa shape index (κ3) is 6.95. The number of nitriles is 1. The van der Waals surface area contributed by atoms with E-state index < -0.39 is 11.9 Å². The molecule has 1 saturated carbocycles. The summed E-state index contributed by atoms with van der Waals surface area (Å²) in [5.74, 6) is 0.986. The molecule has 2 N–H and O–H groups in total. The summed E-state index contributed by atoms with van der Waals surface area (Å²) in [6.07, 6.45) is 14.4. The Kier molecular flexibility index (Phi) is 9.89. The molecule has 1 unspecified atom stereocenters. The zero-order valence-electron chi connectivity index (χ0n) is 33.1. The van der Waals surface area contributed by atoms with E-state index in [1.54, 1.807) is 22.4 Å². The number of likely N-dealkylation sites (tertiary alicyclic amines) is 1. The van der Waals surface area contributed by atoms with Crippen LogP contribution in [0.3, 0.4) is 0 Å². The highest BCUT2D eigenvalue weighted by molar-refractivity contribution is 6.00. The lowest BCUT2D eigenvalue weighted by Crippen LogP contribution is -2.44. The van der Waals surface area contributed by atoms with Crippen LogP contribution in [0.15, 0.2) is 66.0 Å². The van der Waals surface area contributed by atoms with E-state index in [-0.39, 0.29) is 24.1 Å². The maximum absolute atomic E-state index is 13.5. The van der Waals surface area contributed by atoms with E-state index in [1.165, 1.54) is 0 Å². The van der Waals surface area contributed by atoms with Gasteiger partial charge in [-0.1, -0.05) is 17.3 Å². The average Bonchev–Trinajstić information content (AvgIpc) is 3.95. The summed E-state index contributed by atoms with van der Waals surface area (Å²) < 4.78 is 7.24. The number of carbonyl (C=O) groups excluding carboxylic acids is 2. The van der Waals surface area contributed by atoms with Gasteiger partial charge in [-0.05, 0) is 107 Å². The van der Waals surface area contributed by atoms with E-state index in [1.807, 2.05) is 52.0 Å². The number of rotatable bonds is 9. The Hall–Kier alpha value is -6.14. The van der Waals surface area contributed by atoms with Gasteiger partial charge in [-0.3, -0.25) is 28.6 Å². The molecule has 58 heavy (non-hydrogen) atoms. The SMILES string of the molecule is CC(C)Nc1cc(-n2ccc3cc(C#N)cnc32)ncc1-c1cn(C2CCC(CN3CCC(c4cccc5c4n(C)c(=O)n5C4CCC(=O)NC4=O)CC3)CC2)nn1. The van der Waals surface area contributed by atoms with Gasteiger partial charge in [0, 0.05) is 67.3 Å². The summed E-state index contributed by atoms with van der Waals surface area (Å²) in [6.45, 7) is 7.31. The van der Waals surface area contributed by atoms with Crippen LogP contribution in [0.5, 0.6) is 0 Å².